The van der Waals surface area contributed by atoms with E-state index in [4.69, 9.17) is 33.8 Å². The number of Topliss-reactive ketones (excluding diaryl/α,β-unsaturated/α-hetero) is 1. The first-order chi connectivity index (χ1) is 21.8. The number of para-hydroxylation sites is 1. The lowest BCUT2D eigenvalue weighted by atomic mass is 9.89. The number of hydrogen-bond donors (Lipinski definition) is 3. The highest BCUT2D eigenvalue weighted by Crippen LogP contribution is 2.38. The summed E-state index contributed by atoms with van der Waals surface area (Å²) >= 11 is 3.42. The van der Waals surface area contributed by atoms with Crippen LogP contribution >= 0.6 is 15.9 Å². The first-order valence-electron chi connectivity index (χ1n) is 14.2. The highest BCUT2D eigenvalue weighted by molar-refractivity contribution is 9.10. The summed E-state index contributed by atoms with van der Waals surface area (Å²) in [6.45, 7) is 4.91. The van der Waals surface area contributed by atoms with E-state index in [1.54, 1.807) is 51.1 Å². The molecule has 0 unspecified atom stereocenters. The summed E-state index contributed by atoms with van der Waals surface area (Å²) in [7, 11) is 1.38. The van der Waals surface area contributed by atoms with Gasteiger partial charge in [-0.25, -0.2) is 9.59 Å². The summed E-state index contributed by atoms with van der Waals surface area (Å²) < 4.78 is 34.6. The van der Waals surface area contributed by atoms with Crippen molar-refractivity contribution in [1.82, 2.24) is 0 Å². The second-order valence-electron chi connectivity index (χ2n) is 11.2. The number of rotatable bonds is 9. The summed E-state index contributed by atoms with van der Waals surface area (Å²) in [5.74, 6) is 0.256. The molecule has 3 aromatic carbocycles. The molecule has 0 radical (unpaired) electrons. The third-order valence-corrected chi connectivity index (χ3v) is 8.32. The van der Waals surface area contributed by atoms with Gasteiger partial charge in [-0.15, -0.1) is 0 Å². The zero-order valence-corrected chi connectivity index (χ0v) is 26.9. The van der Waals surface area contributed by atoms with Crippen molar-refractivity contribution < 1.29 is 47.9 Å². The highest BCUT2D eigenvalue weighted by Gasteiger charge is 2.53. The second-order valence-corrected chi connectivity index (χ2v) is 12.1. The lowest BCUT2D eigenvalue weighted by Crippen LogP contribution is -2.65. The van der Waals surface area contributed by atoms with Gasteiger partial charge in [-0.1, -0.05) is 24.3 Å². The Hall–Kier alpha value is -4.43. The number of fused-ring (bicyclic) bond motifs is 1. The number of aromatic hydroxyl groups is 1. The molecule has 1 amide bonds. The Bertz CT molecular complexity index is 1840. The Balaban J connectivity index is 1.41. The van der Waals surface area contributed by atoms with Crippen LogP contribution in [0.5, 0.6) is 23.0 Å². The molecule has 0 bridgehead atoms. The Kier molecular flexibility index (Phi) is 9.40. The van der Waals surface area contributed by atoms with Crippen LogP contribution in [0.25, 0.3) is 11.0 Å². The Morgan fingerprint density at radius 3 is 2.46 bits per heavy atom. The molecule has 4 atom stereocenters. The van der Waals surface area contributed by atoms with Gasteiger partial charge in [0.05, 0.1) is 21.0 Å². The van der Waals surface area contributed by atoms with E-state index in [2.05, 4.69) is 15.9 Å². The Labute approximate surface area is 271 Å². The first kappa shape index (κ1) is 32.9. The quantitative estimate of drug-likeness (QED) is 0.156. The van der Waals surface area contributed by atoms with Crippen molar-refractivity contribution in [3.05, 3.63) is 92.2 Å². The van der Waals surface area contributed by atoms with Crippen molar-refractivity contribution in [1.29, 1.82) is 0 Å². The van der Waals surface area contributed by atoms with Crippen molar-refractivity contribution in [2.24, 2.45) is 5.73 Å². The van der Waals surface area contributed by atoms with Gasteiger partial charge in [0.25, 0.3) is 0 Å². The molecule has 4 aromatic rings. The zero-order valence-electron chi connectivity index (χ0n) is 25.3. The standard InChI is InChI=1S/C33H32BrNO11/c1-16-23(43-31-26(38)28(45-32(35)40)29(41-4)33(2,3)46-31)13-11-19-25(37)20(30(39)44-27(16)19)15-22(36)17-10-12-21(34)24(14-17)42-18-8-6-5-7-9-18/h5-14,26,28-29,31,37-38H,15H2,1-4H3,(H2,35,40)/t26-,28+,29-,31-/m1/s1. The van der Waals surface area contributed by atoms with E-state index in [0.717, 1.165) is 0 Å². The van der Waals surface area contributed by atoms with Gasteiger partial charge < -0.3 is 44.0 Å². The molecule has 4 N–H and O–H groups in total. The summed E-state index contributed by atoms with van der Waals surface area (Å²) in [6, 6.07) is 16.7. The zero-order chi connectivity index (χ0) is 33.3. The maximum absolute atomic E-state index is 13.3. The monoisotopic (exact) mass is 697 g/mol. The van der Waals surface area contributed by atoms with E-state index >= 15 is 0 Å². The molecule has 0 aliphatic carbocycles. The topological polar surface area (TPSA) is 177 Å². The van der Waals surface area contributed by atoms with E-state index in [1.807, 2.05) is 18.2 Å². The fraction of sp³-hybridized carbons (Fsp3) is 0.303. The Morgan fingerprint density at radius 1 is 1.07 bits per heavy atom. The van der Waals surface area contributed by atoms with Crippen LogP contribution in [0.2, 0.25) is 0 Å². The number of primary amides is 1. The molecule has 12 nitrogen and oxygen atoms in total. The average Bonchev–Trinajstić information content (AvgIpc) is 3.00. The van der Waals surface area contributed by atoms with Crippen molar-refractivity contribution >= 4 is 38.8 Å². The maximum Gasteiger partial charge on any atom is 0.404 e. The summed E-state index contributed by atoms with van der Waals surface area (Å²) in [6.07, 6.45) is -6.49. The molecule has 5 rings (SSSR count). The van der Waals surface area contributed by atoms with Crippen LogP contribution in [-0.4, -0.2) is 59.4 Å². The van der Waals surface area contributed by atoms with Crippen LogP contribution in [0.3, 0.4) is 0 Å². The fourth-order valence-corrected chi connectivity index (χ4v) is 5.72. The van der Waals surface area contributed by atoms with E-state index < -0.39 is 59.9 Å². The molecule has 1 fully saturated rings. The molecule has 46 heavy (non-hydrogen) atoms. The van der Waals surface area contributed by atoms with Gasteiger partial charge in [0.15, 0.2) is 18.0 Å². The summed E-state index contributed by atoms with van der Waals surface area (Å²) in [4.78, 5) is 37.9. The van der Waals surface area contributed by atoms with Crippen LogP contribution in [0, 0.1) is 6.92 Å². The molecule has 0 saturated carbocycles. The average molecular weight is 699 g/mol. The minimum Gasteiger partial charge on any atom is -0.507 e. The number of benzene rings is 3. The molecule has 1 aliphatic rings. The number of aliphatic hydroxyl groups excluding tert-OH is 1. The smallest absolute Gasteiger partial charge is 0.404 e. The van der Waals surface area contributed by atoms with Gasteiger partial charge in [0.1, 0.15) is 34.7 Å². The third-order valence-electron chi connectivity index (χ3n) is 7.67. The van der Waals surface area contributed by atoms with Crippen LogP contribution in [0.1, 0.15) is 35.3 Å². The van der Waals surface area contributed by atoms with Gasteiger partial charge in [0, 0.05) is 24.7 Å². The minimum absolute atomic E-state index is 0.00246. The molecule has 1 aliphatic heterocycles. The normalized spacial score (nSPS) is 20.7. The number of nitrogens with two attached hydrogens (primary N) is 1. The van der Waals surface area contributed by atoms with Crippen LogP contribution < -0.4 is 20.8 Å². The predicted octanol–water partition coefficient (Wildman–Crippen LogP) is 5.14. The lowest BCUT2D eigenvalue weighted by Gasteiger charge is -2.47. The van der Waals surface area contributed by atoms with Crippen molar-refractivity contribution in [3.63, 3.8) is 0 Å². The van der Waals surface area contributed by atoms with E-state index in [1.165, 1.54) is 19.2 Å². The number of ketones is 1. The van der Waals surface area contributed by atoms with Crippen LogP contribution in [0.4, 0.5) is 4.79 Å². The summed E-state index contributed by atoms with van der Waals surface area (Å²) in [5, 5.41) is 22.2. The van der Waals surface area contributed by atoms with Crippen molar-refractivity contribution in [2.45, 2.75) is 57.4 Å². The SMILES string of the molecule is CO[C@@H]1[C@@H](OC(N)=O)[C@@H](O)[C@H](Oc2ccc3c(O)c(CC(=O)c4ccc(Br)c(Oc5ccccc5)c4)c(=O)oc3c2C)OC1(C)C. The molecule has 13 heteroatoms. The van der Waals surface area contributed by atoms with E-state index in [9.17, 15) is 24.6 Å². The molecular formula is C33H32BrNO11. The van der Waals surface area contributed by atoms with Crippen LogP contribution in [0.15, 0.2) is 74.3 Å². The largest absolute Gasteiger partial charge is 0.507 e. The number of carbonyl (C=O) groups excluding carboxylic acids is 2. The first-order valence-corrected chi connectivity index (χ1v) is 14.9. The number of amides is 1. The molecule has 242 valence electrons. The number of halogens is 1. The number of ether oxygens (including phenoxy) is 5. The lowest BCUT2D eigenvalue weighted by molar-refractivity contribution is -0.304. The van der Waals surface area contributed by atoms with Gasteiger partial charge in [-0.3, -0.25) is 4.79 Å². The van der Waals surface area contributed by atoms with Gasteiger partial charge >= 0.3 is 11.7 Å². The van der Waals surface area contributed by atoms with Gasteiger partial charge in [-0.05, 0) is 73.1 Å². The molecule has 1 saturated heterocycles. The second kappa shape index (κ2) is 13.1. The fourth-order valence-electron chi connectivity index (χ4n) is 5.39. The maximum atomic E-state index is 13.3. The Morgan fingerprint density at radius 2 is 1.78 bits per heavy atom. The summed E-state index contributed by atoms with van der Waals surface area (Å²) in [5.41, 5.74) is 3.56. The number of aliphatic hydroxyl groups is 1. The minimum atomic E-state index is -1.51. The molecule has 0 spiro atoms. The molecule has 2 heterocycles. The number of aryl methyl sites for hydroxylation is 1. The van der Waals surface area contributed by atoms with Gasteiger partial charge in [0.2, 0.25) is 6.29 Å². The third kappa shape index (κ3) is 6.58. The van der Waals surface area contributed by atoms with E-state index in [0.29, 0.717) is 21.5 Å². The predicted molar refractivity (Wildman–Crippen MR) is 168 cm³/mol. The van der Waals surface area contributed by atoms with Gasteiger partial charge in [-0.2, -0.15) is 0 Å². The molecule has 1 aromatic heterocycles. The van der Waals surface area contributed by atoms with Crippen molar-refractivity contribution in [3.8, 4) is 23.0 Å². The van der Waals surface area contributed by atoms with E-state index in [-0.39, 0.29) is 27.8 Å². The number of methoxy groups -OCH3 is 1. The van der Waals surface area contributed by atoms with Crippen molar-refractivity contribution in [2.75, 3.05) is 7.11 Å². The number of hydrogen-bond acceptors (Lipinski definition) is 11. The number of carbonyl (C=O) groups is 2. The highest BCUT2D eigenvalue weighted by atomic mass is 79.9. The molecular weight excluding hydrogens is 666 g/mol. The van der Waals surface area contributed by atoms with Crippen LogP contribution in [-0.2, 0) is 20.6 Å².